The number of carbonyl (C=O) groups excluding carboxylic acids is 1. The Balaban J connectivity index is 1.63. The number of nitrogens with zero attached hydrogens (tertiary/aromatic N) is 3. The van der Waals surface area contributed by atoms with Crippen LogP contribution >= 0.6 is 23.4 Å². The zero-order valence-electron chi connectivity index (χ0n) is 23.9. The van der Waals surface area contributed by atoms with Crippen molar-refractivity contribution in [3.8, 4) is 17.6 Å². The summed E-state index contributed by atoms with van der Waals surface area (Å²) in [5, 5.41) is 10.9. The molecule has 7 nitrogen and oxygen atoms in total. The zero-order valence-corrected chi connectivity index (χ0v) is 25.5. The monoisotopic (exact) mass is 581 g/mol. The molecule has 0 saturated carbocycles. The van der Waals surface area contributed by atoms with Gasteiger partial charge in [0.1, 0.15) is 24.0 Å². The first-order valence-electron chi connectivity index (χ1n) is 13.1. The summed E-state index contributed by atoms with van der Waals surface area (Å²) in [6.45, 7) is 10.4. The predicted octanol–water partition coefficient (Wildman–Crippen LogP) is 7.52. The molecule has 0 aliphatic rings. The van der Waals surface area contributed by atoms with E-state index in [1.165, 1.54) is 11.8 Å². The number of esters is 1. The van der Waals surface area contributed by atoms with Crippen molar-refractivity contribution in [1.82, 2.24) is 9.97 Å². The van der Waals surface area contributed by atoms with Crippen molar-refractivity contribution in [3.05, 3.63) is 76.1 Å². The van der Waals surface area contributed by atoms with Crippen molar-refractivity contribution in [2.45, 2.75) is 76.7 Å². The van der Waals surface area contributed by atoms with Gasteiger partial charge in [-0.3, -0.25) is 4.79 Å². The number of aromatic nitrogens is 2. The summed E-state index contributed by atoms with van der Waals surface area (Å²) in [4.78, 5) is 20.5. The average molecular weight is 582 g/mol. The third kappa shape index (κ3) is 8.87. The molecule has 0 saturated heterocycles. The summed E-state index contributed by atoms with van der Waals surface area (Å²) in [6.07, 6.45) is 5.24. The number of hydrogen-bond acceptors (Lipinski definition) is 8. The van der Waals surface area contributed by atoms with Gasteiger partial charge in [0.2, 0.25) is 0 Å². The molecule has 0 aliphatic carbocycles. The Labute approximate surface area is 246 Å². The Morgan fingerprint density at radius 1 is 1.02 bits per heavy atom. The van der Waals surface area contributed by atoms with E-state index in [9.17, 15) is 10.1 Å². The Morgan fingerprint density at radius 3 is 2.40 bits per heavy atom. The molecule has 212 valence electrons. The highest BCUT2D eigenvalue weighted by atomic mass is 35.5. The van der Waals surface area contributed by atoms with Gasteiger partial charge in [0.25, 0.3) is 0 Å². The maximum absolute atomic E-state index is 11.9. The first kappa shape index (κ1) is 31.3. The van der Waals surface area contributed by atoms with E-state index >= 15 is 0 Å². The van der Waals surface area contributed by atoms with Crippen molar-refractivity contribution in [1.29, 1.82) is 5.26 Å². The first-order chi connectivity index (χ1) is 18.9. The van der Waals surface area contributed by atoms with Gasteiger partial charge in [-0.25, -0.2) is 9.97 Å². The molecule has 0 bridgehead atoms. The number of unbranched alkanes of at least 4 members (excludes halogenated alkanes) is 1. The number of benzene rings is 2. The topological polar surface area (TPSA) is 94.3 Å². The molecule has 3 rings (SSSR count). The second-order valence-electron chi connectivity index (χ2n) is 10.8. The Morgan fingerprint density at radius 2 is 1.75 bits per heavy atom. The van der Waals surface area contributed by atoms with Gasteiger partial charge in [0, 0.05) is 18.0 Å². The van der Waals surface area contributed by atoms with E-state index < -0.39 is 11.0 Å². The molecule has 9 heteroatoms. The van der Waals surface area contributed by atoms with Gasteiger partial charge >= 0.3 is 5.97 Å². The van der Waals surface area contributed by atoms with Gasteiger partial charge in [0.05, 0.1) is 22.9 Å². The largest absolute Gasteiger partial charge is 0.491 e. The van der Waals surface area contributed by atoms with Gasteiger partial charge < -0.3 is 14.2 Å². The van der Waals surface area contributed by atoms with Crippen LogP contribution in [0.15, 0.2) is 53.8 Å². The minimum Gasteiger partial charge on any atom is -0.491 e. The molecule has 40 heavy (non-hydrogen) atoms. The zero-order chi connectivity index (χ0) is 29.3. The SMILES string of the molecule is CSc1nccc(COc2ccc(C(C)(C)c3cc(Cl)c(OCCCCC(=O)OC(C)(C)C)c(C#N)c3)cc2)n1. The van der Waals surface area contributed by atoms with Gasteiger partial charge in [0.15, 0.2) is 10.9 Å². The molecule has 0 unspecified atom stereocenters. The van der Waals surface area contributed by atoms with Crippen molar-refractivity contribution in [2.75, 3.05) is 12.9 Å². The quantitative estimate of drug-likeness (QED) is 0.0938. The van der Waals surface area contributed by atoms with Crippen molar-refractivity contribution < 1.29 is 19.0 Å². The lowest BCUT2D eigenvalue weighted by Gasteiger charge is -2.27. The van der Waals surface area contributed by atoms with E-state index in [4.69, 9.17) is 25.8 Å². The molecule has 2 aromatic carbocycles. The third-order valence-electron chi connectivity index (χ3n) is 6.16. The lowest BCUT2D eigenvalue weighted by Crippen LogP contribution is -2.23. The van der Waals surface area contributed by atoms with Gasteiger partial charge in [-0.2, -0.15) is 5.26 Å². The van der Waals surface area contributed by atoms with Gasteiger partial charge in [-0.05, 0) is 81.3 Å². The van der Waals surface area contributed by atoms with E-state index in [1.807, 2.05) is 69.5 Å². The molecule has 0 atom stereocenters. The van der Waals surface area contributed by atoms with E-state index in [0.29, 0.717) is 54.0 Å². The number of hydrogen-bond donors (Lipinski definition) is 0. The van der Waals surface area contributed by atoms with Crippen molar-refractivity contribution in [3.63, 3.8) is 0 Å². The summed E-state index contributed by atoms with van der Waals surface area (Å²) in [6, 6.07) is 15.6. The molecule has 1 heterocycles. The van der Waals surface area contributed by atoms with Gasteiger partial charge in [-0.15, -0.1) is 0 Å². The van der Waals surface area contributed by atoms with Crippen LogP contribution in [0.5, 0.6) is 11.5 Å². The third-order valence-corrected chi connectivity index (χ3v) is 7.01. The van der Waals surface area contributed by atoms with Crippen LogP contribution in [0.4, 0.5) is 0 Å². The summed E-state index contributed by atoms with van der Waals surface area (Å²) in [5.41, 5.74) is 2.20. The second-order valence-corrected chi connectivity index (χ2v) is 12.0. The highest BCUT2D eigenvalue weighted by molar-refractivity contribution is 7.98. The predicted molar refractivity (Wildman–Crippen MR) is 158 cm³/mol. The maximum atomic E-state index is 11.9. The fourth-order valence-corrected chi connectivity index (χ4v) is 4.62. The normalized spacial score (nSPS) is 11.6. The minimum atomic E-state index is -0.495. The molecule has 3 aromatic rings. The van der Waals surface area contributed by atoms with Crippen LogP contribution in [0, 0.1) is 11.3 Å². The number of thioether (sulfide) groups is 1. The Bertz CT molecular complexity index is 1350. The van der Waals surface area contributed by atoms with E-state index in [1.54, 1.807) is 6.20 Å². The highest BCUT2D eigenvalue weighted by Crippen LogP contribution is 2.38. The molecule has 0 N–H and O–H groups in total. The first-order valence-corrected chi connectivity index (χ1v) is 14.7. The van der Waals surface area contributed by atoms with E-state index in [-0.39, 0.29) is 5.97 Å². The van der Waals surface area contributed by atoms with Crippen LogP contribution in [-0.4, -0.2) is 34.4 Å². The van der Waals surface area contributed by atoms with Crippen molar-refractivity contribution in [2.24, 2.45) is 0 Å². The fraction of sp³-hybridized carbons (Fsp3) is 0.419. The fourth-order valence-electron chi connectivity index (χ4n) is 3.97. The van der Waals surface area contributed by atoms with E-state index in [2.05, 4.69) is 29.9 Å². The maximum Gasteiger partial charge on any atom is 0.306 e. The number of nitriles is 1. The van der Waals surface area contributed by atoms with Crippen molar-refractivity contribution >= 4 is 29.3 Å². The molecule has 0 amide bonds. The van der Waals surface area contributed by atoms with Crippen LogP contribution in [0.25, 0.3) is 0 Å². The number of rotatable bonds is 12. The second kappa shape index (κ2) is 13.9. The molecule has 0 aliphatic heterocycles. The molecule has 0 fully saturated rings. The summed E-state index contributed by atoms with van der Waals surface area (Å²) >= 11 is 8.10. The smallest absolute Gasteiger partial charge is 0.306 e. The summed E-state index contributed by atoms with van der Waals surface area (Å²) in [5.74, 6) is 0.860. The number of halogens is 1. The van der Waals surface area contributed by atoms with Gasteiger partial charge in [-0.1, -0.05) is 49.3 Å². The van der Waals surface area contributed by atoms with Crippen LogP contribution in [0.1, 0.15) is 76.3 Å². The average Bonchev–Trinajstić information content (AvgIpc) is 2.91. The molecule has 0 spiro atoms. The standard InChI is InChI=1S/C31H36ClN3O4S/c1-30(2,3)39-27(36)9-7-8-16-37-28-21(19-33)17-23(18-26(28)32)31(4,5)22-10-12-25(13-11-22)38-20-24-14-15-34-29(35-24)40-6/h10-15,17-18H,7-9,16,20H2,1-6H3. The van der Waals surface area contributed by atoms with Crippen LogP contribution in [-0.2, 0) is 21.6 Å². The molecule has 0 radical (unpaired) electrons. The molecular formula is C31H36ClN3O4S. The number of carbonyl (C=O) groups is 1. The highest BCUT2D eigenvalue weighted by Gasteiger charge is 2.26. The van der Waals surface area contributed by atoms with Crippen LogP contribution in [0.2, 0.25) is 5.02 Å². The lowest BCUT2D eigenvalue weighted by atomic mass is 9.77. The van der Waals surface area contributed by atoms with E-state index in [0.717, 1.165) is 22.6 Å². The Kier molecular flexibility index (Phi) is 10.8. The summed E-state index contributed by atoms with van der Waals surface area (Å²) < 4.78 is 17.1. The molecule has 1 aromatic heterocycles. The molecular weight excluding hydrogens is 546 g/mol. The lowest BCUT2D eigenvalue weighted by molar-refractivity contribution is -0.154. The minimum absolute atomic E-state index is 0.232. The Hall–Kier alpha value is -3.28. The van der Waals surface area contributed by atoms with Crippen LogP contribution in [0.3, 0.4) is 0 Å². The van der Waals surface area contributed by atoms with Crippen LogP contribution < -0.4 is 9.47 Å². The number of ether oxygens (including phenoxy) is 3. The summed E-state index contributed by atoms with van der Waals surface area (Å²) in [7, 11) is 0.